The highest BCUT2D eigenvalue weighted by Crippen LogP contribution is 2.22. The average Bonchev–Trinajstić information content (AvgIpc) is 3.09. The normalized spacial score (nSPS) is 20.0. The van der Waals surface area contributed by atoms with E-state index in [1.165, 1.54) is 9.87 Å². The van der Waals surface area contributed by atoms with Crippen LogP contribution in [-0.2, 0) is 21.5 Å². The Hall–Kier alpha value is -1.48. The molecule has 0 unspecified atom stereocenters. The van der Waals surface area contributed by atoms with Crippen LogP contribution in [0.2, 0.25) is 0 Å². The summed E-state index contributed by atoms with van der Waals surface area (Å²) in [6, 6.07) is 8.17. The maximum Gasteiger partial charge on any atom is 0.282 e. The van der Waals surface area contributed by atoms with Gasteiger partial charge in [-0.05, 0) is 24.1 Å². The molecule has 8 heteroatoms. The first-order chi connectivity index (χ1) is 13.0. The molecule has 0 spiro atoms. The molecule has 0 atom stereocenters. The van der Waals surface area contributed by atoms with E-state index in [2.05, 4.69) is 17.0 Å². The highest BCUT2D eigenvalue weighted by atomic mass is 32.2. The zero-order valence-corrected chi connectivity index (χ0v) is 17.1. The second kappa shape index (κ2) is 8.68. The third-order valence-corrected chi connectivity index (χ3v) is 7.60. The molecule has 2 fully saturated rings. The predicted octanol–water partition coefficient (Wildman–Crippen LogP) is 1.52. The molecular weight excluding hydrogens is 364 g/mol. The molecular formula is C19H30N4O3S. The summed E-state index contributed by atoms with van der Waals surface area (Å²) in [7, 11) is -3.34. The monoisotopic (exact) mass is 394 g/mol. The van der Waals surface area contributed by atoms with Crippen LogP contribution in [0.25, 0.3) is 0 Å². The zero-order valence-electron chi connectivity index (χ0n) is 16.3. The average molecular weight is 395 g/mol. The maximum absolute atomic E-state index is 12.6. The van der Waals surface area contributed by atoms with Gasteiger partial charge >= 0.3 is 0 Å². The summed E-state index contributed by atoms with van der Waals surface area (Å²) >= 11 is 0. The lowest BCUT2D eigenvalue weighted by atomic mass is 10.1. The van der Waals surface area contributed by atoms with E-state index in [0.717, 1.165) is 38.3 Å². The van der Waals surface area contributed by atoms with E-state index in [9.17, 15) is 13.2 Å². The molecule has 150 valence electrons. The van der Waals surface area contributed by atoms with E-state index in [1.54, 1.807) is 4.31 Å². The van der Waals surface area contributed by atoms with Gasteiger partial charge in [0.2, 0.25) is 5.91 Å². The Balaban J connectivity index is 1.54. The van der Waals surface area contributed by atoms with Gasteiger partial charge in [-0.15, -0.1) is 0 Å². The van der Waals surface area contributed by atoms with Crippen LogP contribution in [0.4, 0.5) is 5.69 Å². The SMILES string of the molecule is CCN(CC)S(=O)(=O)N1CCN(Cc2ccc(N3CCCC3=O)cc2)CC1. The second-order valence-electron chi connectivity index (χ2n) is 7.08. The molecule has 1 aromatic carbocycles. The van der Waals surface area contributed by atoms with Crippen LogP contribution in [-0.4, -0.2) is 73.6 Å². The molecule has 2 aliphatic rings. The quantitative estimate of drug-likeness (QED) is 0.703. The Morgan fingerprint density at radius 3 is 2.11 bits per heavy atom. The van der Waals surface area contributed by atoms with Crippen LogP contribution in [0.15, 0.2) is 24.3 Å². The van der Waals surface area contributed by atoms with Crippen molar-refractivity contribution in [2.24, 2.45) is 0 Å². The molecule has 3 rings (SSSR count). The number of piperazine rings is 1. The highest BCUT2D eigenvalue weighted by molar-refractivity contribution is 7.86. The van der Waals surface area contributed by atoms with Gasteiger partial charge in [-0.2, -0.15) is 17.0 Å². The van der Waals surface area contributed by atoms with Gasteiger partial charge in [0.15, 0.2) is 0 Å². The fourth-order valence-corrected chi connectivity index (χ4v) is 5.40. The fourth-order valence-electron chi connectivity index (χ4n) is 3.79. The summed E-state index contributed by atoms with van der Waals surface area (Å²) < 4.78 is 28.3. The van der Waals surface area contributed by atoms with Gasteiger partial charge in [-0.3, -0.25) is 9.69 Å². The van der Waals surface area contributed by atoms with E-state index in [0.29, 0.717) is 32.6 Å². The Morgan fingerprint density at radius 2 is 1.59 bits per heavy atom. The van der Waals surface area contributed by atoms with Crippen molar-refractivity contribution in [3.8, 4) is 0 Å². The molecule has 0 saturated carbocycles. The standard InChI is InChI=1S/C19H30N4O3S/c1-3-21(4-2)27(25,26)22-14-12-20(13-15-22)16-17-7-9-18(10-8-17)23-11-5-6-19(23)24/h7-10H,3-6,11-16H2,1-2H3. The molecule has 0 N–H and O–H groups in total. The van der Waals surface area contributed by atoms with Crippen LogP contribution < -0.4 is 4.90 Å². The predicted molar refractivity (Wildman–Crippen MR) is 107 cm³/mol. The number of rotatable bonds is 7. The van der Waals surface area contributed by atoms with Crippen molar-refractivity contribution in [3.63, 3.8) is 0 Å². The highest BCUT2D eigenvalue weighted by Gasteiger charge is 2.30. The summed E-state index contributed by atoms with van der Waals surface area (Å²) in [4.78, 5) is 16.0. The summed E-state index contributed by atoms with van der Waals surface area (Å²) in [5.74, 6) is 0.202. The fraction of sp³-hybridized carbons (Fsp3) is 0.632. The molecule has 2 aliphatic heterocycles. The van der Waals surface area contributed by atoms with E-state index >= 15 is 0 Å². The third kappa shape index (κ3) is 4.51. The number of amides is 1. The molecule has 2 saturated heterocycles. The molecule has 27 heavy (non-hydrogen) atoms. The first-order valence-corrected chi connectivity index (χ1v) is 11.2. The van der Waals surface area contributed by atoms with Crippen LogP contribution in [0.5, 0.6) is 0 Å². The smallest absolute Gasteiger partial charge is 0.282 e. The van der Waals surface area contributed by atoms with Crippen molar-refractivity contribution in [3.05, 3.63) is 29.8 Å². The van der Waals surface area contributed by atoms with Gasteiger partial charge in [0, 0.05) is 64.5 Å². The molecule has 0 radical (unpaired) electrons. The van der Waals surface area contributed by atoms with Crippen molar-refractivity contribution in [1.82, 2.24) is 13.5 Å². The Bertz CT molecular complexity index is 739. The number of benzene rings is 1. The number of anilines is 1. The molecule has 0 aromatic heterocycles. The number of hydrogen-bond acceptors (Lipinski definition) is 4. The van der Waals surface area contributed by atoms with Gasteiger partial charge in [0.1, 0.15) is 0 Å². The molecule has 0 bridgehead atoms. The van der Waals surface area contributed by atoms with Gasteiger partial charge < -0.3 is 4.90 Å². The van der Waals surface area contributed by atoms with E-state index in [1.807, 2.05) is 30.9 Å². The maximum atomic E-state index is 12.6. The Kier molecular flexibility index (Phi) is 6.52. The Morgan fingerprint density at radius 1 is 0.963 bits per heavy atom. The number of carbonyl (C=O) groups is 1. The zero-order chi connectivity index (χ0) is 19.4. The van der Waals surface area contributed by atoms with Gasteiger partial charge in [0.25, 0.3) is 10.2 Å². The van der Waals surface area contributed by atoms with Crippen molar-refractivity contribution >= 4 is 21.8 Å². The van der Waals surface area contributed by atoms with E-state index in [4.69, 9.17) is 0 Å². The lowest BCUT2D eigenvalue weighted by molar-refractivity contribution is -0.117. The first-order valence-electron chi connectivity index (χ1n) is 9.82. The molecule has 1 amide bonds. The topological polar surface area (TPSA) is 64.2 Å². The minimum atomic E-state index is -3.34. The molecule has 1 aromatic rings. The number of hydrogen-bond donors (Lipinski definition) is 0. The molecule has 2 heterocycles. The van der Waals surface area contributed by atoms with Crippen LogP contribution in [0, 0.1) is 0 Å². The van der Waals surface area contributed by atoms with Crippen molar-refractivity contribution in [2.45, 2.75) is 33.2 Å². The number of carbonyl (C=O) groups excluding carboxylic acids is 1. The lowest BCUT2D eigenvalue weighted by Crippen LogP contribution is -2.52. The Labute approximate surface area is 162 Å². The van der Waals surface area contributed by atoms with E-state index in [-0.39, 0.29) is 5.91 Å². The molecule has 0 aliphatic carbocycles. The molecule has 7 nitrogen and oxygen atoms in total. The summed E-state index contributed by atoms with van der Waals surface area (Å²) in [6.45, 7) is 8.87. The second-order valence-corrected chi connectivity index (χ2v) is 9.01. The van der Waals surface area contributed by atoms with E-state index < -0.39 is 10.2 Å². The third-order valence-electron chi connectivity index (χ3n) is 5.42. The van der Waals surface area contributed by atoms with Crippen molar-refractivity contribution < 1.29 is 13.2 Å². The minimum Gasteiger partial charge on any atom is -0.312 e. The van der Waals surface area contributed by atoms with Crippen molar-refractivity contribution in [1.29, 1.82) is 0 Å². The summed E-state index contributed by atoms with van der Waals surface area (Å²) in [5.41, 5.74) is 2.15. The van der Waals surface area contributed by atoms with Gasteiger partial charge in [0.05, 0.1) is 0 Å². The van der Waals surface area contributed by atoms with Crippen LogP contribution in [0.1, 0.15) is 32.3 Å². The van der Waals surface area contributed by atoms with Crippen molar-refractivity contribution in [2.75, 3.05) is 50.7 Å². The number of nitrogens with zero attached hydrogens (tertiary/aromatic N) is 4. The van der Waals surface area contributed by atoms with Crippen LogP contribution >= 0.6 is 0 Å². The largest absolute Gasteiger partial charge is 0.312 e. The first kappa shape index (κ1) is 20.3. The summed E-state index contributed by atoms with van der Waals surface area (Å²) in [5, 5.41) is 0. The van der Waals surface area contributed by atoms with Crippen LogP contribution in [0.3, 0.4) is 0 Å². The lowest BCUT2D eigenvalue weighted by Gasteiger charge is -2.36. The summed E-state index contributed by atoms with van der Waals surface area (Å²) in [6.07, 6.45) is 1.57. The van der Waals surface area contributed by atoms with Gasteiger partial charge in [-0.1, -0.05) is 26.0 Å². The minimum absolute atomic E-state index is 0.202. The van der Waals surface area contributed by atoms with Gasteiger partial charge in [-0.25, -0.2) is 0 Å².